The van der Waals surface area contributed by atoms with E-state index in [2.05, 4.69) is 40.4 Å². The SMILES string of the molecule is Cc1cc(-c2ccc(C(=O)N[C@H](C)c3nnc(N)s3)cc2)nc(C)c1C. The summed E-state index contributed by atoms with van der Waals surface area (Å²) in [5.41, 5.74) is 11.5. The van der Waals surface area contributed by atoms with Gasteiger partial charge in [0.2, 0.25) is 5.13 Å². The van der Waals surface area contributed by atoms with Crippen LogP contribution in [0.1, 0.15) is 45.2 Å². The molecule has 0 aliphatic heterocycles. The van der Waals surface area contributed by atoms with E-state index in [9.17, 15) is 4.79 Å². The molecule has 0 saturated carbocycles. The molecule has 2 aromatic heterocycles. The number of nitrogen functional groups attached to an aromatic ring is 1. The normalized spacial score (nSPS) is 12.0. The van der Waals surface area contributed by atoms with Crippen molar-refractivity contribution in [1.29, 1.82) is 0 Å². The smallest absolute Gasteiger partial charge is 0.251 e. The molecule has 1 atom stereocenters. The summed E-state index contributed by atoms with van der Waals surface area (Å²) in [6, 6.07) is 9.26. The summed E-state index contributed by atoms with van der Waals surface area (Å²) in [4.78, 5) is 17.1. The van der Waals surface area contributed by atoms with E-state index in [0.717, 1.165) is 17.0 Å². The van der Waals surface area contributed by atoms with Gasteiger partial charge >= 0.3 is 0 Å². The average molecular weight is 367 g/mol. The minimum atomic E-state index is -0.249. The lowest BCUT2D eigenvalue weighted by Crippen LogP contribution is -2.26. The molecule has 1 aromatic carbocycles. The van der Waals surface area contributed by atoms with Crippen molar-refractivity contribution in [2.45, 2.75) is 33.7 Å². The second-order valence-electron chi connectivity index (χ2n) is 6.29. The number of benzene rings is 1. The van der Waals surface area contributed by atoms with Gasteiger partial charge in [0, 0.05) is 16.8 Å². The number of hydrogen-bond donors (Lipinski definition) is 2. The molecule has 0 saturated heterocycles. The van der Waals surface area contributed by atoms with Crippen molar-refractivity contribution in [3.05, 3.63) is 57.7 Å². The third-order valence-corrected chi connectivity index (χ3v) is 5.33. The number of anilines is 1. The topological polar surface area (TPSA) is 93.8 Å². The number of nitrogens with zero attached hydrogens (tertiary/aromatic N) is 3. The van der Waals surface area contributed by atoms with E-state index in [1.807, 2.05) is 26.0 Å². The summed E-state index contributed by atoms with van der Waals surface area (Å²) in [7, 11) is 0. The van der Waals surface area contributed by atoms with Crippen LogP contribution in [-0.4, -0.2) is 21.1 Å². The van der Waals surface area contributed by atoms with Crippen LogP contribution in [0.5, 0.6) is 0 Å². The Kier molecular flexibility index (Phi) is 4.99. The van der Waals surface area contributed by atoms with Crippen molar-refractivity contribution in [2.24, 2.45) is 0 Å². The molecule has 0 fully saturated rings. The molecular weight excluding hydrogens is 346 g/mol. The number of nitrogens with one attached hydrogen (secondary N) is 1. The summed E-state index contributed by atoms with van der Waals surface area (Å²) in [6.45, 7) is 8.02. The first-order valence-electron chi connectivity index (χ1n) is 8.30. The predicted octanol–water partition coefficient (Wildman–Crippen LogP) is 3.60. The molecule has 2 heterocycles. The third-order valence-electron chi connectivity index (χ3n) is 4.39. The summed E-state index contributed by atoms with van der Waals surface area (Å²) in [6.07, 6.45) is 0. The predicted molar refractivity (Wildman–Crippen MR) is 104 cm³/mol. The van der Waals surface area contributed by atoms with Crippen LogP contribution in [0.25, 0.3) is 11.3 Å². The Morgan fingerprint density at radius 1 is 1.15 bits per heavy atom. The van der Waals surface area contributed by atoms with Crippen molar-refractivity contribution in [1.82, 2.24) is 20.5 Å². The highest BCUT2D eigenvalue weighted by atomic mass is 32.1. The molecule has 0 aliphatic carbocycles. The molecule has 0 aliphatic rings. The van der Waals surface area contributed by atoms with Crippen LogP contribution in [0.3, 0.4) is 0 Å². The molecule has 26 heavy (non-hydrogen) atoms. The number of pyridine rings is 1. The fraction of sp³-hybridized carbons (Fsp3) is 0.263. The molecule has 0 bridgehead atoms. The van der Waals surface area contributed by atoms with E-state index in [4.69, 9.17) is 5.73 Å². The van der Waals surface area contributed by atoms with E-state index in [1.165, 1.54) is 22.5 Å². The number of amides is 1. The fourth-order valence-corrected chi connectivity index (χ4v) is 3.21. The maximum absolute atomic E-state index is 12.4. The Morgan fingerprint density at radius 2 is 1.85 bits per heavy atom. The van der Waals surface area contributed by atoms with Gasteiger partial charge in [0.15, 0.2) is 0 Å². The number of carbonyl (C=O) groups is 1. The Balaban J connectivity index is 1.76. The molecule has 3 rings (SSSR count). The molecule has 7 heteroatoms. The first kappa shape index (κ1) is 18.0. The molecule has 3 aromatic rings. The molecular formula is C19H21N5OS. The van der Waals surface area contributed by atoms with Crippen molar-refractivity contribution in [3.63, 3.8) is 0 Å². The monoisotopic (exact) mass is 367 g/mol. The highest BCUT2D eigenvalue weighted by molar-refractivity contribution is 7.15. The molecule has 6 nitrogen and oxygen atoms in total. The minimum absolute atomic E-state index is 0.165. The van der Waals surface area contributed by atoms with E-state index < -0.39 is 0 Å². The van der Waals surface area contributed by atoms with Gasteiger partial charge in [-0.15, -0.1) is 10.2 Å². The highest BCUT2D eigenvalue weighted by Crippen LogP contribution is 2.23. The summed E-state index contributed by atoms with van der Waals surface area (Å²) in [5.74, 6) is -0.165. The number of aryl methyl sites for hydroxylation is 2. The number of nitrogens with two attached hydrogens (primary N) is 1. The second-order valence-corrected chi connectivity index (χ2v) is 7.33. The number of rotatable bonds is 4. The number of aromatic nitrogens is 3. The number of hydrogen-bond acceptors (Lipinski definition) is 6. The van der Waals surface area contributed by atoms with E-state index >= 15 is 0 Å². The standard InChI is InChI=1S/C19H21N5OS/c1-10-9-16(21-12(3)11(10)2)14-5-7-15(8-6-14)17(25)22-13(4)18-23-24-19(20)26-18/h5-9,13H,1-4H3,(H2,20,24)(H,22,25)/t13-/m1/s1. The van der Waals surface area contributed by atoms with Gasteiger partial charge < -0.3 is 11.1 Å². The minimum Gasteiger partial charge on any atom is -0.374 e. The Labute approximate surface area is 156 Å². The summed E-state index contributed by atoms with van der Waals surface area (Å²) in [5, 5.41) is 11.7. The molecule has 0 radical (unpaired) electrons. The first-order valence-corrected chi connectivity index (χ1v) is 9.12. The third kappa shape index (κ3) is 3.72. The number of carbonyl (C=O) groups excluding carboxylic acids is 1. The van der Waals surface area contributed by atoms with E-state index in [-0.39, 0.29) is 11.9 Å². The lowest BCUT2D eigenvalue weighted by Gasteiger charge is -2.11. The summed E-state index contributed by atoms with van der Waals surface area (Å²) < 4.78 is 0. The first-order chi connectivity index (χ1) is 12.3. The van der Waals surface area contributed by atoms with Crippen LogP contribution in [0.4, 0.5) is 5.13 Å². The maximum Gasteiger partial charge on any atom is 0.251 e. The van der Waals surface area contributed by atoms with Gasteiger partial charge in [-0.2, -0.15) is 0 Å². The van der Waals surface area contributed by atoms with Crippen LogP contribution in [0.2, 0.25) is 0 Å². The van der Waals surface area contributed by atoms with Crippen LogP contribution in [-0.2, 0) is 0 Å². The molecule has 3 N–H and O–H groups in total. The van der Waals surface area contributed by atoms with Crippen LogP contribution >= 0.6 is 11.3 Å². The van der Waals surface area contributed by atoms with Gasteiger partial charge in [-0.05, 0) is 57.0 Å². The molecule has 134 valence electrons. The van der Waals surface area contributed by atoms with Crippen molar-refractivity contribution in [2.75, 3.05) is 5.73 Å². The fourth-order valence-electron chi connectivity index (χ4n) is 2.60. The summed E-state index contributed by atoms with van der Waals surface area (Å²) >= 11 is 1.27. The Morgan fingerprint density at radius 3 is 2.42 bits per heavy atom. The van der Waals surface area contributed by atoms with Crippen LogP contribution in [0, 0.1) is 20.8 Å². The zero-order valence-electron chi connectivity index (χ0n) is 15.2. The van der Waals surface area contributed by atoms with Gasteiger partial charge in [-0.25, -0.2) is 0 Å². The van der Waals surface area contributed by atoms with E-state index in [1.54, 1.807) is 12.1 Å². The molecule has 0 unspecified atom stereocenters. The van der Waals surface area contributed by atoms with Crippen molar-refractivity contribution < 1.29 is 4.79 Å². The molecule has 0 spiro atoms. The Bertz CT molecular complexity index is 926. The van der Waals surface area contributed by atoms with Crippen molar-refractivity contribution >= 4 is 22.4 Å². The quantitative estimate of drug-likeness (QED) is 0.735. The maximum atomic E-state index is 12.4. The van der Waals surface area contributed by atoms with Gasteiger partial charge in [0.05, 0.1) is 11.7 Å². The van der Waals surface area contributed by atoms with Gasteiger partial charge in [0.25, 0.3) is 5.91 Å². The second kappa shape index (κ2) is 7.21. The van der Waals surface area contributed by atoms with Gasteiger partial charge in [0.1, 0.15) is 5.01 Å². The lowest BCUT2D eigenvalue weighted by molar-refractivity contribution is 0.0939. The van der Waals surface area contributed by atoms with E-state index in [0.29, 0.717) is 15.7 Å². The highest BCUT2D eigenvalue weighted by Gasteiger charge is 2.15. The average Bonchev–Trinajstić information content (AvgIpc) is 3.06. The zero-order chi connectivity index (χ0) is 18.8. The molecule has 1 amide bonds. The zero-order valence-corrected chi connectivity index (χ0v) is 16.0. The largest absolute Gasteiger partial charge is 0.374 e. The lowest BCUT2D eigenvalue weighted by atomic mass is 10.0. The van der Waals surface area contributed by atoms with Crippen LogP contribution in [0.15, 0.2) is 30.3 Å². The van der Waals surface area contributed by atoms with Gasteiger partial charge in [-0.3, -0.25) is 9.78 Å². The van der Waals surface area contributed by atoms with Gasteiger partial charge in [-0.1, -0.05) is 23.5 Å². The van der Waals surface area contributed by atoms with Crippen molar-refractivity contribution in [3.8, 4) is 11.3 Å². The Hall–Kier alpha value is -2.80. The van der Waals surface area contributed by atoms with Crippen LogP contribution < -0.4 is 11.1 Å².